The number of aliphatic carboxylic acids is 1. The second-order valence-corrected chi connectivity index (χ2v) is 7.39. The summed E-state index contributed by atoms with van der Waals surface area (Å²) in [5.41, 5.74) is 0.320. The Kier molecular flexibility index (Phi) is 7.13. The first-order chi connectivity index (χ1) is 11.9. The van der Waals surface area contributed by atoms with E-state index >= 15 is 0 Å². The number of carboxylic acid groups (broad SMARTS) is 1. The summed E-state index contributed by atoms with van der Waals surface area (Å²) in [5.74, 6) is -1.21. The lowest BCUT2D eigenvalue weighted by Gasteiger charge is -2.34. The zero-order valence-corrected chi connectivity index (χ0v) is 15.4. The molecule has 3 N–H and O–H groups in total. The van der Waals surface area contributed by atoms with Gasteiger partial charge in [0, 0.05) is 6.04 Å². The number of amides is 2. The molecule has 0 bridgehead atoms. The third kappa shape index (κ3) is 5.37. The van der Waals surface area contributed by atoms with Crippen molar-refractivity contribution in [1.29, 1.82) is 0 Å². The van der Waals surface area contributed by atoms with Crippen molar-refractivity contribution >= 4 is 41.1 Å². The average molecular weight is 385 g/mol. The van der Waals surface area contributed by atoms with E-state index in [-0.39, 0.29) is 11.9 Å². The third-order valence-corrected chi connectivity index (χ3v) is 5.16. The molecule has 25 heavy (non-hydrogen) atoms. The van der Waals surface area contributed by atoms with Gasteiger partial charge in [0.15, 0.2) is 0 Å². The first-order valence-electron chi connectivity index (χ1n) is 8.00. The van der Waals surface area contributed by atoms with Crippen LogP contribution in [0.3, 0.4) is 0 Å². The Morgan fingerprint density at radius 3 is 2.60 bits per heavy atom. The van der Waals surface area contributed by atoms with E-state index in [4.69, 9.17) is 16.7 Å². The van der Waals surface area contributed by atoms with Crippen molar-refractivity contribution in [1.82, 2.24) is 10.6 Å². The van der Waals surface area contributed by atoms with Gasteiger partial charge in [-0.05, 0) is 43.4 Å². The van der Waals surface area contributed by atoms with Crippen molar-refractivity contribution in [2.75, 3.05) is 12.0 Å². The average Bonchev–Trinajstić information content (AvgIpc) is 2.53. The molecule has 1 saturated carbocycles. The fraction of sp³-hybridized carbons (Fsp3) is 0.471. The van der Waals surface area contributed by atoms with Crippen LogP contribution in [0.15, 0.2) is 24.3 Å². The molecule has 0 saturated heterocycles. The van der Waals surface area contributed by atoms with Crippen LogP contribution < -0.4 is 10.6 Å². The molecule has 1 fully saturated rings. The summed E-state index contributed by atoms with van der Waals surface area (Å²) in [6.07, 6.45) is 3.26. The molecular formula is C17H21ClN2O4S. The van der Waals surface area contributed by atoms with Gasteiger partial charge in [-0.25, -0.2) is 0 Å². The molecule has 1 aliphatic rings. The largest absolute Gasteiger partial charge is 0.481 e. The van der Waals surface area contributed by atoms with Gasteiger partial charge in [-0.2, -0.15) is 11.8 Å². The first kappa shape index (κ1) is 19.6. The van der Waals surface area contributed by atoms with E-state index in [9.17, 15) is 14.4 Å². The van der Waals surface area contributed by atoms with E-state index in [0.29, 0.717) is 35.6 Å². The van der Waals surface area contributed by atoms with Crippen LogP contribution in [0.2, 0.25) is 5.02 Å². The summed E-state index contributed by atoms with van der Waals surface area (Å²) in [5, 5.41) is 14.8. The highest BCUT2D eigenvalue weighted by Crippen LogP contribution is 2.27. The normalized spacial score (nSPS) is 20.2. The molecule has 136 valence electrons. The Bertz CT molecular complexity index is 649. The maximum absolute atomic E-state index is 12.5. The highest BCUT2D eigenvalue weighted by Gasteiger charge is 2.36. The standard InChI is InChI=1S/C17H21ClN2O4S/c1-25-7-6-14(16(22)19-11-8-10(9-11)17(23)24)20-15(21)12-4-2-3-5-13(12)18/h2-5,10-11,14H,6-9H2,1H3,(H,19,22)(H,20,21)(H,23,24). The minimum Gasteiger partial charge on any atom is -0.481 e. The molecule has 2 amide bonds. The van der Waals surface area contributed by atoms with E-state index in [0.717, 1.165) is 0 Å². The van der Waals surface area contributed by atoms with Gasteiger partial charge in [0.1, 0.15) is 6.04 Å². The molecule has 1 aliphatic carbocycles. The van der Waals surface area contributed by atoms with Crippen molar-refractivity contribution in [3.63, 3.8) is 0 Å². The van der Waals surface area contributed by atoms with Gasteiger partial charge in [-0.3, -0.25) is 14.4 Å². The Labute approximate surface area is 155 Å². The predicted molar refractivity (Wildman–Crippen MR) is 98.0 cm³/mol. The van der Waals surface area contributed by atoms with Gasteiger partial charge in [0.25, 0.3) is 5.91 Å². The van der Waals surface area contributed by atoms with Crippen LogP contribution in [0.5, 0.6) is 0 Å². The second kappa shape index (κ2) is 9.10. The van der Waals surface area contributed by atoms with Gasteiger partial charge in [0.05, 0.1) is 16.5 Å². The second-order valence-electron chi connectivity index (χ2n) is 6.00. The smallest absolute Gasteiger partial charge is 0.306 e. The number of thioether (sulfide) groups is 1. The van der Waals surface area contributed by atoms with Gasteiger partial charge >= 0.3 is 5.97 Å². The van der Waals surface area contributed by atoms with Crippen LogP contribution in [0, 0.1) is 5.92 Å². The quantitative estimate of drug-likeness (QED) is 0.638. The number of hydrogen-bond donors (Lipinski definition) is 3. The van der Waals surface area contributed by atoms with Crippen molar-refractivity contribution < 1.29 is 19.5 Å². The van der Waals surface area contributed by atoms with Crippen LogP contribution in [-0.4, -0.2) is 47.0 Å². The molecule has 2 rings (SSSR count). The number of carbonyl (C=O) groups is 3. The van der Waals surface area contributed by atoms with Crippen LogP contribution in [0.1, 0.15) is 29.6 Å². The number of hydrogen-bond acceptors (Lipinski definition) is 4. The van der Waals surface area contributed by atoms with E-state index < -0.39 is 23.8 Å². The number of carboxylic acids is 1. The molecule has 0 radical (unpaired) electrons. The lowest BCUT2D eigenvalue weighted by atomic mass is 9.80. The van der Waals surface area contributed by atoms with Crippen LogP contribution in [0.4, 0.5) is 0 Å². The molecule has 0 aromatic heterocycles. The van der Waals surface area contributed by atoms with Crippen molar-refractivity contribution in [3.05, 3.63) is 34.9 Å². The van der Waals surface area contributed by atoms with Crippen LogP contribution >= 0.6 is 23.4 Å². The van der Waals surface area contributed by atoms with E-state index in [1.807, 2.05) is 6.26 Å². The Morgan fingerprint density at radius 1 is 1.32 bits per heavy atom. The zero-order valence-electron chi connectivity index (χ0n) is 13.8. The van der Waals surface area contributed by atoms with Gasteiger partial charge < -0.3 is 15.7 Å². The number of carbonyl (C=O) groups excluding carboxylic acids is 2. The van der Waals surface area contributed by atoms with Crippen molar-refractivity contribution in [2.45, 2.75) is 31.3 Å². The molecule has 0 spiro atoms. The zero-order chi connectivity index (χ0) is 18.4. The summed E-state index contributed by atoms with van der Waals surface area (Å²) < 4.78 is 0. The topological polar surface area (TPSA) is 95.5 Å². The fourth-order valence-electron chi connectivity index (χ4n) is 2.62. The molecule has 0 aliphatic heterocycles. The summed E-state index contributed by atoms with van der Waals surface area (Å²) in [6, 6.07) is 5.83. The molecule has 8 heteroatoms. The monoisotopic (exact) mass is 384 g/mol. The van der Waals surface area contributed by atoms with E-state index in [1.54, 1.807) is 36.0 Å². The maximum atomic E-state index is 12.5. The Balaban J connectivity index is 1.96. The van der Waals surface area contributed by atoms with Gasteiger partial charge in [-0.15, -0.1) is 0 Å². The number of halogens is 1. The Hall–Kier alpha value is -1.73. The number of nitrogens with one attached hydrogen (secondary N) is 2. The van der Waals surface area contributed by atoms with Gasteiger partial charge in [0.2, 0.25) is 5.91 Å². The lowest BCUT2D eigenvalue weighted by Crippen LogP contribution is -2.53. The highest BCUT2D eigenvalue weighted by molar-refractivity contribution is 7.98. The number of rotatable bonds is 8. The van der Waals surface area contributed by atoms with E-state index in [1.165, 1.54) is 0 Å². The SMILES string of the molecule is CSCCC(NC(=O)c1ccccc1Cl)C(=O)NC1CC(C(=O)O)C1. The summed E-state index contributed by atoms with van der Waals surface area (Å²) in [4.78, 5) is 35.7. The van der Waals surface area contributed by atoms with Crippen molar-refractivity contribution in [3.8, 4) is 0 Å². The van der Waals surface area contributed by atoms with E-state index in [2.05, 4.69) is 10.6 Å². The molecule has 6 nitrogen and oxygen atoms in total. The summed E-state index contributed by atoms with van der Waals surface area (Å²) in [6.45, 7) is 0. The predicted octanol–water partition coefficient (Wildman–Crippen LogP) is 2.17. The molecule has 1 atom stereocenters. The van der Waals surface area contributed by atoms with Crippen molar-refractivity contribution in [2.24, 2.45) is 5.92 Å². The van der Waals surface area contributed by atoms with Crippen LogP contribution in [0.25, 0.3) is 0 Å². The molecule has 0 heterocycles. The molecular weight excluding hydrogens is 364 g/mol. The fourth-order valence-corrected chi connectivity index (χ4v) is 3.32. The lowest BCUT2D eigenvalue weighted by molar-refractivity contribution is -0.146. The third-order valence-electron chi connectivity index (χ3n) is 4.18. The number of benzene rings is 1. The molecule has 1 aromatic rings. The van der Waals surface area contributed by atoms with Gasteiger partial charge in [-0.1, -0.05) is 23.7 Å². The Morgan fingerprint density at radius 2 is 2.00 bits per heavy atom. The maximum Gasteiger partial charge on any atom is 0.306 e. The summed E-state index contributed by atoms with van der Waals surface area (Å²) in [7, 11) is 0. The summed E-state index contributed by atoms with van der Waals surface area (Å²) >= 11 is 7.61. The molecule has 1 unspecified atom stereocenters. The molecule has 1 aromatic carbocycles. The minimum absolute atomic E-state index is 0.150. The minimum atomic E-state index is -0.837. The first-order valence-corrected chi connectivity index (χ1v) is 9.77. The van der Waals surface area contributed by atoms with Crippen LogP contribution in [-0.2, 0) is 9.59 Å². The highest BCUT2D eigenvalue weighted by atomic mass is 35.5.